The van der Waals surface area contributed by atoms with Crippen molar-refractivity contribution in [1.82, 2.24) is 9.47 Å². The van der Waals surface area contributed by atoms with Crippen molar-refractivity contribution in [3.63, 3.8) is 0 Å². The fourth-order valence-corrected chi connectivity index (χ4v) is 4.26. The molecule has 3 aromatic carbocycles. The lowest BCUT2D eigenvalue weighted by molar-refractivity contribution is 0.194. The van der Waals surface area contributed by atoms with Crippen molar-refractivity contribution in [3.8, 4) is 11.4 Å². The number of para-hydroxylation sites is 1. The van der Waals surface area contributed by atoms with E-state index < -0.39 is 23.7 Å². The fraction of sp³-hybridized carbons (Fsp3) is 0.115. The second kappa shape index (κ2) is 8.43. The number of ether oxygens (including phenoxy) is 1. The number of halogens is 2. The van der Waals surface area contributed by atoms with E-state index in [0.29, 0.717) is 5.75 Å². The maximum atomic E-state index is 14.3. The molecule has 0 saturated heterocycles. The molecule has 0 unspecified atom stereocenters. The molecule has 0 fully saturated rings. The quantitative estimate of drug-likeness (QED) is 0.427. The van der Waals surface area contributed by atoms with Crippen LogP contribution in [0.4, 0.5) is 19.3 Å². The largest absolute Gasteiger partial charge is 0.497 e. The Morgan fingerprint density at radius 1 is 1.00 bits per heavy atom. The standard InChI is InChI=1S/C26H21F2N3O2/c1-33-20-11-8-17(9-12-20)25-24-7-4-14-30(24)23-6-3-2-5-18(23)16-31(25)26(32)29-22-15-19(27)10-13-21(22)28/h2-15,25H,16H2,1H3,(H,29,32)/t25-/m1/s1. The zero-order valence-electron chi connectivity index (χ0n) is 17.8. The van der Waals surface area contributed by atoms with Crippen LogP contribution in [0.15, 0.2) is 85.1 Å². The lowest BCUT2D eigenvalue weighted by atomic mass is 10.0. The molecule has 33 heavy (non-hydrogen) atoms. The number of hydrogen-bond donors (Lipinski definition) is 1. The molecule has 4 aromatic rings. The number of hydrogen-bond acceptors (Lipinski definition) is 2. The summed E-state index contributed by atoms with van der Waals surface area (Å²) in [7, 11) is 1.59. The number of methoxy groups -OCH3 is 1. The van der Waals surface area contributed by atoms with Crippen LogP contribution in [-0.4, -0.2) is 22.6 Å². The summed E-state index contributed by atoms with van der Waals surface area (Å²) >= 11 is 0. The monoisotopic (exact) mass is 445 g/mol. The van der Waals surface area contributed by atoms with Crippen molar-refractivity contribution in [2.75, 3.05) is 12.4 Å². The first-order valence-electron chi connectivity index (χ1n) is 10.5. The number of aromatic nitrogens is 1. The van der Waals surface area contributed by atoms with Crippen LogP contribution in [0.3, 0.4) is 0 Å². The van der Waals surface area contributed by atoms with Gasteiger partial charge in [0.2, 0.25) is 0 Å². The molecule has 0 spiro atoms. The van der Waals surface area contributed by atoms with Crippen molar-refractivity contribution >= 4 is 11.7 Å². The van der Waals surface area contributed by atoms with Gasteiger partial charge < -0.3 is 19.5 Å². The molecule has 1 N–H and O–H groups in total. The predicted octanol–water partition coefficient (Wildman–Crippen LogP) is 5.90. The molecule has 5 rings (SSSR count). The topological polar surface area (TPSA) is 46.5 Å². The van der Waals surface area contributed by atoms with E-state index in [1.807, 2.05) is 66.9 Å². The zero-order chi connectivity index (χ0) is 22.9. The van der Waals surface area contributed by atoms with E-state index in [1.165, 1.54) is 0 Å². The molecule has 1 aromatic heterocycles. The van der Waals surface area contributed by atoms with E-state index >= 15 is 0 Å². The number of fused-ring (bicyclic) bond motifs is 3. The van der Waals surface area contributed by atoms with Crippen molar-refractivity contribution in [2.24, 2.45) is 0 Å². The number of urea groups is 1. The van der Waals surface area contributed by atoms with Gasteiger partial charge in [0.1, 0.15) is 17.4 Å². The van der Waals surface area contributed by atoms with Crippen LogP contribution in [0.2, 0.25) is 0 Å². The molecule has 1 aliphatic heterocycles. The summed E-state index contributed by atoms with van der Waals surface area (Å²) in [4.78, 5) is 15.2. The van der Waals surface area contributed by atoms with Crippen LogP contribution in [0.25, 0.3) is 5.69 Å². The molecular weight excluding hydrogens is 424 g/mol. The first kappa shape index (κ1) is 20.8. The van der Waals surface area contributed by atoms with Crippen LogP contribution in [0.5, 0.6) is 5.75 Å². The molecule has 2 heterocycles. The first-order chi connectivity index (χ1) is 16.0. The van der Waals surface area contributed by atoms with Gasteiger partial charge in [0.05, 0.1) is 31.1 Å². The summed E-state index contributed by atoms with van der Waals surface area (Å²) in [6.45, 7) is 0.275. The highest BCUT2D eigenvalue weighted by Crippen LogP contribution is 2.37. The normalized spacial score (nSPS) is 14.8. The summed E-state index contributed by atoms with van der Waals surface area (Å²) in [5.74, 6) is -0.637. The van der Waals surface area contributed by atoms with Gasteiger partial charge in [0.25, 0.3) is 0 Å². The van der Waals surface area contributed by atoms with Crippen LogP contribution >= 0.6 is 0 Å². The highest BCUT2D eigenvalue weighted by molar-refractivity contribution is 5.90. The Kier molecular flexibility index (Phi) is 5.30. The first-order valence-corrected chi connectivity index (χ1v) is 10.5. The average molecular weight is 445 g/mol. The molecule has 5 nitrogen and oxygen atoms in total. The Labute approximate surface area is 189 Å². The van der Waals surface area contributed by atoms with Gasteiger partial charge in [-0.1, -0.05) is 30.3 Å². The Balaban J connectivity index is 1.63. The van der Waals surface area contributed by atoms with Crippen LogP contribution in [0, 0.1) is 11.6 Å². The third kappa shape index (κ3) is 3.82. The highest BCUT2D eigenvalue weighted by Gasteiger charge is 2.33. The highest BCUT2D eigenvalue weighted by atomic mass is 19.1. The zero-order valence-corrected chi connectivity index (χ0v) is 17.8. The number of carbonyl (C=O) groups is 1. The van der Waals surface area contributed by atoms with Crippen molar-refractivity contribution < 1.29 is 18.3 Å². The summed E-state index contributed by atoms with van der Waals surface area (Å²) in [6, 6.07) is 21.2. The number of nitrogens with one attached hydrogen (secondary N) is 1. The number of carbonyl (C=O) groups excluding carboxylic acids is 1. The van der Waals surface area contributed by atoms with Crippen molar-refractivity contribution in [1.29, 1.82) is 0 Å². The molecule has 1 atom stereocenters. The molecule has 0 aliphatic carbocycles. The van der Waals surface area contributed by atoms with E-state index in [1.54, 1.807) is 12.0 Å². The Bertz CT molecular complexity index is 1320. The SMILES string of the molecule is COc1ccc([C@@H]2c3cccn3-c3ccccc3CN2C(=O)Nc2cc(F)ccc2F)cc1. The molecule has 0 bridgehead atoms. The Morgan fingerprint density at radius 3 is 2.58 bits per heavy atom. The van der Waals surface area contributed by atoms with E-state index in [0.717, 1.165) is 40.7 Å². The lowest BCUT2D eigenvalue weighted by Gasteiger charge is -2.31. The molecular formula is C26H21F2N3O2. The molecule has 166 valence electrons. The van der Waals surface area contributed by atoms with Gasteiger partial charge in [0, 0.05) is 18.0 Å². The minimum absolute atomic E-state index is 0.207. The number of amides is 2. The van der Waals surface area contributed by atoms with E-state index in [4.69, 9.17) is 4.74 Å². The number of anilines is 1. The van der Waals surface area contributed by atoms with Crippen molar-refractivity contribution in [3.05, 3.63) is 114 Å². The van der Waals surface area contributed by atoms with E-state index in [2.05, 4.69) is 9.88 Å². The van der Waals surface area contributed by atoms with Crippen LogP contribution < -0.4 is 10.1 Å². The fourth-order valence-electron chi connectivity index (χ4n) is 4.26. The summed E-state index contributed by atoms with van der Waals surface area (Å²) in [6.07, 6.45) is 1.96. The van der Waals surface area contributed by atoms with Crippen LogP contribution in [-0.2, 0) is 6.54 Å². The van der Waals surface area contributed by atoms with Gasteiger partial charge in [-0.3, -0.25) is 0 Å². The molecule has 7 heteroatoms. The van der Waals surface area contributed by atoms with Gasteiger partial charge >= 0.3 is 6.03 Å². The van der Waals surface area contributed by atoms with E-state index in [-0.39, 0.29) is 12.2 Å². The van der Waals surface area contributed by atoms with Gasteiger partial charge in [-0.05, 0) is 53.6 Å². The van der Waals surface area contributed by atoms with Gasteiger partial charge in [-0.15, -0.1) is 0 Å². The Morgan fingerprint density at radius 2 is 1.79 bits per heavy atom. The molecule has 2 amide bonds. The maximum absolute atomic E-state index is 14.3. The van der Waals surface area contributed by atoms with Gasteiger partial charge in [-0.25, -0.2) is 13.6 Å². The van der Waals surface area contributed by atoms with Gasteiger partial charge in [0.15, 0.2) is 0 Å². The second-order valence-corrected chi connectivity index (χ2v) is 7.79. The maximum Gasteiger partial charge on any atom is 0.323 e. The molecule has 1 aliphatic rings. The third-order valence-electron chi connectivity index (χ3n) is 5.83. The number of nitrogens with zero attached hydrogens (tertiary/aromatic N) is 2. The third-order valence-corrected chi connectivity index (χ3v) is 5.83. The number of rotatable bonds is 3. The average Bonchev–Trinajstić information content (AvgIpc) is 3.26. The smallest absolute Gasteiger partial charge is 0.323 e. The summed E-state index contributed by atoms with van der Waals surface area (Å²) in [5, 5.41) is 2.56. The minimum atomic E-state index is -0.704. The number of benzene rings is 3. The lowest BCUT2D eigenvalue weighted by Crippen LogP contribution is -2.38. The predicted molar refractivity (Wildman–Crippen MR) is 122 cm³/mol. The van der Waals surface area contributed by atoms with E-state index in [9.17, 15) is 13.6 Å². The summed E-state index contributed by atoms with van der Waals surface area (Å²) < 4.78 is 35.4. The summed E-state index contributed by atoms with van der Waals surface area (Å²) in [5.41, 5.74) is 3.42. The second-order valence-electron chi connectivity index (χ2n) is 7.79. The minimum Gasteiger partial charge on any atom is -0.497 e. The molecule has 0 radical (unpaired) electrons. The van der Waals surface area contributed by atoms with Gasteiger partial charge in [-0.2, -0.15) is 0 Å². The van der Waals surface area contributed by atoms with Crippen LogP contribution in [0.1, 0.15) is 22.9 Å². The Hall–Kier alpha value is -4.13. The molecule has 0 saturated carbocycles. The van der Waals surface area contributed by atoms with Crippen molar-refractivity contribution in [2.45, 2.75) is 12.6 Å².